The summed E-state index contributed by atoms with van der Waals surface area (Å²) in [5, 5.41) is 18.2. The Bertz CT molecular complexity index is 403. The van der Waals surface area contributed by atoms with Gasteiger partial charge in [-0.3, -0.25) is 10.1 Å². The Hall–Kier alpha value is -1.63. The largest absolute Gasteiger partial charge is 0.382 e. The Balaban J connectivity index is 2.70. The second-order valence-corrected chi connectivity index (χ2v) is 3.83. The molecule has 0 aliphatic heterocycles. The summed E-state index contributed by atoms with van der Waals surface area (Å²) in [4.78, 5) is 10.6. The maximum atomic E-state index is 11.0. The topological polar surface area (TPSA) is 82.2 Å². The summed E-state index contributed by atoms with van der Waals surface area (Å²) in [6.07, 6.45) is 0.805. The van der Waals surface area contributed by atoms with Crippen LogP contribution in [0.15, 0.2) is 0 Å². The first kappa shape index (κ1) is 14.4. The van der Waals surface area contributed by atoms with Crippen molar-refractivity contribution in [1.29, 1.82) is 0 Å². The van der Waals surface area contributed by atoms with Gasteiger partial charge in [-0.15, -0.1) is 0 Å². The number of nitro groups is 1. The molecule has 7 heteroatoms. The molecule has 0 saturated carbocycles. The second kappa shape index (κ2) is 6.95. The van der Waals surface area contributed by atoms with Gasteiger partial charge in [0.1, 0.15) is 5.69 Å². The Kier molecular flexibility index (Phi) is 5.57. The van der Waals surface area contributed by atoms with Gasteiger partial charge in [0.05, 0.1) is 4.92 Å². The Morgan fingerprint density at radius 1 is 1.50 bits per heavy atom. The highest BCUT2D eigenvalue weighted by Crippen LogP contribution is 2.27. The van der Waals surface area contributed by atoms with Crippen LogP contribution in [-0.4, -0.2) is 34.5 Å². The zero-order chi connectivity index (χ0) is 13.5. The highest BCUT2D eigenvalue weighted by atomic mass is 16.6. The van der Waals surface area contributed by atoms with Crippen LogP contribution in [-0.2, 0) is 11.3 Å². The molecule has 0 amide bonds. The van der Waals surface area contributed by atoms with Crippen molar-refractivity contribution in [3.63, 3.8) is 0 Å². The van der Waals surface area contributed by atoms with Crippen molar-refractivity contribution in [3.05, 3.63) is 15.8 Å². The van der Waals surface area contributed by atoms with Crippen LogP contribution < -0.4 is 5.32 Å². The minimum absolute atomic E-state index is 0.0632. The quantitative estimate of drug-likeness (QED) is 0.437. The first-order valence-electron chi connectivity index (χ1n) is 6.15. The number of hydrogen-bond donors (Lipinski definition) is 1. The van der Waals surface area contributed by atoms with Gasteiger partial charge in [-0.25, -0.2) is 4.68 Å². The molecule has 7 nitrogen and oxygen atoms in total. The summed E-state index contributed by atoms with van der Waals surface area (Å²) in [6, 6.07) is 0. The molecule has 1 rings (SSSR count). The third-order valence-electron chi connectivity index (χ3n) is 2.54. The molecule has 0 bridgehead atoms. The van der Waals surface area contributed by atoms with Gasteiger partial charge in [-0.05, 0) is 27.2 Å². The van der Waals surface area contributed by atoms with Gasteiger partial charge in [-0.2, -0.15) is 5.10 Å². The molecule has 1 aromatic rings. The molecular weight excluding hydrogens is 236 g/mol. The van der Waals surface area contributed by atoms with E-state index in [-0.39, 0.29) is 10.6 Å². The van der Waals surface area contributed by atoms with E-state index in [0.29, 0.717) is 37.8 Å². The van der Waals surface area contributed by atoms with Crippen molar-refractivity contribution in [3.8, 4) is 0 Å². The molecule has 102 valence electrons. The smallest absolute Gasteiger partial charge is 0.333 e. The molecule has 1 N–H and O–H groups in total. The number of nitrogens with zero attached hydrogens (tertiary/aromatic N) is 3. The molecule has 1 heterocycles. The fourth-order valence-electron chi connectivity index (χ4n) is 1.72. The second-order valence-electron chi connectivity index (χ2n) is 3.83. The molecule has 0 atom stereocenters. The number of hydrogen-bond acceptors (Lipinski definition) is 5. The SMILES string of the molecule is CCOCCCNc1c([N+](=O)[O-])c(C)nn1CC. The predicted molar refractivity (Wildman–Crippen MR) is 68.9 cm³/mol. The highest BCUT2D eigenvalue weighted by molar-refractivity contribution is 5.59. The molecule has 0 radical (unpaired) electrons. The molecular formula is C11H20N4O3. The standard InChI is InChI=1S/C11H20N4O3/c1-4-14-11(12-7-6-8-18-5-2)10(15(16)17)9(3)13-14/h12H,4-8H2,1-3H3. The minimum Gasteiger partial charge on any atom is -0.382 e. The molecule has 0 spiro atoms. The van der Waals surface area contributed by atoms with Crippen molar-refractivity contribution < 1.29 is 9.66 Å². The minimum atomic E-state index is -0.390. The van der Waals surface area contributed by atoms with Gasteiger partial charge in [-0.1, -0.05) is 0 Å². The van der Waals surface area contributed by atoms with E-state index in [0.717, 1.165) is 6.42 Å². The van der Waals surface area contributed by atoms with Crippen molar-refractivity contribution in [2.45, 2.75) is 33.7 Å². The summed E-state index contributed by atoms with van der Waals surface area (Å²) >= 11 is 0. The third kappa shape index (κ3) is 3.43. The highest BCUT2D eigenvalue weighted by Gasteiger charge is 2.24. The monoisotopic (exact) mass is 256 g/mol. The molecule has 0 fully saturated rings. The van der Waals surface area contributed by atoms with Crippen LogP contribution >= 0.6 is 0 Å². The predicted octanol–water partition coefficient (Wildman–Crippen LogP) is 1.96. The fourth-order valence-corrected chi connectivity index (χ4v) is 1.72. The average Bonchev–Trinajstić information content (AvgIpc) is 2.65. The summed E-state index contributed by atoms with van der Waals surface area (Å²) in [6.45, 7) is 8.06. The maximum absolute atomic E-state index is 11.0. The summed E-state index contributed by atoms with van der Waals surface area (Å²) in [5.41, 5.74) is 0.502. The van der Waals surface area contributed by atoms with Gasteiger partial charge >= 0.3 is 5.69 Å². The van der Waals surface area contributed by atoms with E-state index >= 15 is 0 Å². The lowest BCUT2D eigenvalue weighted by Crippen LogP contribution is -2.11. The van der Waals surface area contributed by atoms with E-state index in [2.05, 4.69) is 10.4 Å². The van der Waals surface area contributed by atoms with E-state index in [4.69, 9.17) is 4.74 Å². The average molecular weight is 256 g/mol. The molecule has 0 unspecified atom stereocenters. The zero-order valence-corrected chi connectivity index (χ0v) is 11.1. The van der Waals surface area contributed by atoms with Crippen LogP contribution in [0.25, 0.3) is 0 Å². The van der Waals surface area contributed by atoms with Crippen LogP contribution in [0.2, 0.25) is 0 Å². The molecule has 0 aromatic carbocycles. The number of aryl methyl sites for hydroxylation is 2. The van der Waals surface area contributed by atoms with Crippen LogP contribution in [0.3, 0.4) is 0 Å². The molecule has 0 aliphatic carbocycles. The van der Waals surface area contributed by atoms with Crippen LogP contribution in [0.4, 0.5) is 11.5 Å². The van der Waals surface area contributed by atoms with Crippen LogP contribution in [0.1, 0.15) is 26.0 Å². The Morgan fingerprint density at radius 2 is 2.22 bits per heavy atom. The number of rotatable bonds is 8. The molecule has 18 heavy (non-hydrogen) atoms. The normalized spacial score (nSPS) is 10.6. The van der Waals surface area contributed by atoms with E-state index in [1.165, 1.54) is 0 Å². The Morgan fingerprint density at radius 3 is 2.78 bits per heavy atom. The van der Waals surface area contributed by atoms with Crippen LogP contribution in [0.5, 0.6) is 0 Å². The van der Waals surface area contributed by atoms with Gasteiger partial charge in [0.25, 0.3) is 0 Å². The van der Waals surface area contributed by atoms with Crippen molar-refractivity contribution in [2.75, 3.05) is 25.1 Å². The lowest BCUT2D eigenvalue weighted by atomic mass is 10.3. The summed E-state index contributed by atoms with van der Waals surface area (Å²) in [7, 11) is 0. The van der Waals surface area contributed by atoms with Gasteiger partial charge in [0.15, 0.2) is 0 Å². The fraction of sp³-hybridized carbons (Fsp3) is 0.727. The first-order valence-corrected chi connectivity index (χ1v) is 6.15. The van der Waals surface area contributed by atoms with E-state index in [1.54, 1.807) is 11.6 Å². The lowest BCUT2D eigenvalue weighted by Gasteiger charge is -2.07. The summed E-state index contributed by atoms with van der Waals surface area (Å²) < 4.78 is 6.83. The number of ether oxygens (including phenoxy) is 1. The van der Waals surface area contributed by atoms with E-state index in [9.17, 15) is 10.1 Å². The lowest BCUT2D eigenvalue weighted by molar-refractivity contribution is -0.384. The number of anilines is 1. The van der Waals surface area contributed by atoms with Gasteiger partial charge in [0, 0.05) is 26.3 Å². The van der Waals surface area contributed by atoms with Gasteiger partial charge in [0.2, 0.25) is 5.82 Å². The van der Waals surface area contributed by atoms with Crippen molar-refractivity contribution in [2.24, 2.45) is 0 Å². The zero-order valence-electron chi connectivity index (χ0n) is 11.1. The number of nitrogens with one attached hydrogen (secondary N) is 1. The number of aromatic nitrogens is 2. The molecule has 0 saturated heterocycles. The molecule has 0 aliphatic rings. The van der Waals surface area contributed by atoms with Gasteiger partial charge < -0.3 is 10.1 Å². The third-order valence-corrected chi connectivity index (χ3v) is 2.54. The maximum Gasteiger partial charge on any atom is 0.333 e. The van der Waals surface area contributed by atoms with Crippen molar-refractivity contribution in [1.82, 2.24) is 9.78 Å². The summed E-state index contributed by atoms with van der Waals surface area (Å²) in [5.74, 6) is 0.483. The molecule has 1 aromatic heterocycles. The van der Waals surface area contributed by atoms with Crippen molar-refractivity contribution >= 4 is 11.5 Å². The Labute approximate surface area is 106 Å². The van der Waals surface area contributed by atoms with Crippen LogP contribution in [0, 0.1) is 17.0 Å². The van der Waals surface area contributed by atoms with E-state index in [1.807, 2.05) is 13.8 Å². The van der Waals surface area contributed by atoms with E-state index < -0.39 is 0 Å². The first-order chi connectivity index (χ1) is 8.61.